The highest BCUT2D eigenvalue weighted by molar-refractivity contribution is 9.11. The Hall–Kier alpha value is -0.130. The van der Waals surface area contributed by atoms with E-state index in [9.17, 15) is 0 Å². The Bertz CT molecular complexity index is 576. The molecule has 0 spiro atoms. The van der Waals surface area contributed by atoms with E-state index in [-0.39, 0.29) is 0 Å². The zero-order valence-corrected chi connectivity index (χ0v) is 16.3. The van der Waals surface area contributed by atoms with Crippen molar-refractivity contribution in [3.8, 4) is 0 Å². The van der Waals surface area contributed by atoms with Crippen molar-refractivity contribution in [1.82, 2.24) is 9.78 Å². The van der Waals surface area contributed by atoms with Crippen LogP contribution < -0.4 is 0 Å². The van der Waals surface area contributed by atoms with Crippen LogP contribution in [0.25, 0.3) is 0 Å². The van der Waals surface area contributed by atoms with E-state index in [2.05, 4.69) is 84.1 Å². The van der Waals surface area contributed by atoms with Gasteiger partial charge in [0.25, 0.3) is 0 Å². The van der Waals surface area contributed by atoms with Crippen LogP contribution in [0.1, 0.15) is 29.8 Å². The molecule has 0 radical (unpaired) electrons. The molecule has 108 valence electrons. The third kappa shape index (κ3) is 3.55. The molecule has 20 heavy (non-hydrogen) atoms. The number of benzene rings is 1. The smallest absolute Gasteiger partial charge is 0.0766 e. The predicted octanol–water partition coefficient (Wildman–Crippen LogP) is 5.23. The van der Waals surface area contributed by atoms with E-state index in [0.717, 1.165) is 32.8 Å². The van der Waals surface area contributed by atoms with E-state index in [1.807, 2.05) is 11.7 Å². The zero-order valence-electron chi connectivity index (χ0n) is 11.5. The summed E-state index contributed by atoms with van der Waals surface area (Å²) in [5, 5.41) is 5.51. The van der Waals surface area contributed by atoms with Crippen LogP contribution in [-0.4, -0.2) is 15.1 Å². The Balaban J connectivity index is 2.26. The van der Waals surface area contributed by atoms with Crippen LogP contribution in [0.2, 0.25) is 0 Å². The van der Waals surface area contributed by atoms with E-state index in [1.54, 1.807) is 0 Å². The van der Waals surface area contributed by atoms with E-state index >= 15 is 0 Å². The van der Waals surface area contributed by atoms with Crippen LogP contribution in [-0.2, 0) is 19.9 Å². The maximum Gasteiger partial charge on any atom is 0.0766 e. The third-order valence-corrected chi connectivity index (χ3v) is 5.70. The van der Waals surface area contributed by atoms with Crippen molar-refractivity contribution in [2.24, 2.45) is 7.05 Å². The first kappa shape index (κ1) is 16.2. The van der Waals surface area contributed by atoms with Crippen LogP contribution in [0.5, 0.6) is 0 Å². The molecular weight excluding hydrogens is 448 g/mol. The molecule has 1 aromatic heterocycles. The summed E-state index contributed by atoms with van der Waals surface area (Å²) in [5.74, 6) is 0.444. The molecule has 0 aliphatic heterocycles. The minimum Gasteiger partial charge on any atom is -0.271 e. The average Bonchev–Trinajstić information content (AvgIpc) is 2.72. The second kappa shape index (κ2) is 7.23. The Labute approximate surface area is 145 Å². The number of rotatable bonds is 5. The van der Waals surface area contributed by atoms with Gasteiger partial charge >= 0.3 is 0 Å². The molecule has 2 rings (SSSR count). The highest BCUT2D eigenvalue weighted by atomic mass is 79.9. The summed E-state index contributed by atoms with van der Waals surface area (Å²) in [6.07, 6.45) is 1.92. The van der Waals surface area contributed by atoms with Gasteiger partial charge in [0.1, 0.15) is 0 Å². The lowest BCUT2D eigenvalue weighted by atomic mass is 9.96. The summed E-state index contributed by atoms with van der Waals surface area (Å²) < 4.78 is 4.27. The molecule has 0 fully saturated rings. The summed E-state index contributed by atoms with van der Waals surface area (Å²) in [5.41, 5.74) is 3.73. The van der Waals surface area contributed by atoms with Crippen molar-refractivity contribution >= 4 is 47.8 Å². The lowest BCUT2D eigenvalue weighted by molar-refractivity contribution is 0.657. The highest BCUT2D eigenvalue weighted by Gasteiger charge is 2.18. The molecule has 1 heterocycles. The van der Waals surface area contributed by atoms with Gasteiger partial charge in [-0.3, -0.25) is 4.68 Å². The van der Waals surface area contributed by atoms with Crippen molar-refractivity contribution in [3.05, 3.63) is 50.2 Å². The van der Waals surface area contributed by atoms with Crippen molar-refractivity contribution < 1.29 is 0 Å². The fourth-order valence-electron chi connectivity index (χ4n) is 2.27. The van der Waals surface area contributed by atoms with Crippen LogP contribution in [0, 0.1) is 0 Å². The van der Waals surface area contributed by atoms with Gasteiger partial charge in [-0.05, 0) is 52.4 Å². The largest absolute Gasteiger partial charge is 0.271 e. The first-order valence-corrected chi connectivity index (χ1v) is 9.29. The molecule has 0 N–H and O–H groups in total. The fourth-order valence-corrected chi connectivity index (χ4v) is 3.92. The summed E-state index contributed by atoms with van der Waals surface area (Å²) in [4.78, 5) is 0. The highest BCUT2D eigenvalue weighted by Crippen LogP contribution is 2.29. The quantitative estimate of drug-likeness (QED) is 0.554. The number of aryl methyl sites for hydroxylation is 2. The number of hydrogen-bond donors (Lipinski definition) is 0. The molecule has 0 aliphatic rings. The third-order valence-electron chi connectivity index (χ3n) is 3.47. The topological polar surface area (TPSA) is 17.8 Å². The molecule has 1 unspecified atom stereocenters. The second-order valence-corrected chi connectivity index (χ2v) is 7.15. The lowest BCUT2D eigenvalue weighted by Gasteiger charge is -2.15. The van der Waals surface area contributed by atoms with Crippen LogP contribution in [0.3, 0.4) is 0 Å². The Morgan fingerprint density at radius 2 is 1.85 bits per heavy atom. The summed E-state index contributed by atoms with van der Waals surface area (Å²) in [6, 6.07) is 8.56. The Kier molecular flexibility index (Phi) is 5.87. The molecular formula is C15H17Br3N2. The fraction of sp³-hybridized carbons (Fsp3) is 0.400. The predicted molar refractivity (Wildman–Crippen MR) is 94.7 cm³/mol. The van der Waals surface area contributed by atoms with Gasteiger partial charge in [-0.25, -0.2) is 0 Å². The van der Waals surface area contributed by atoms with Gasteiger partial charge in [0.2, 0.25) is 0 Å². The van der Waals surface area contributed by atoms with Gasteiger partial charge in [0, 0.05) is 16.9 Å². The van der Waals surface area contributed by atoms with E-state index < -0.39 is 0 Å². The SMILES string of the molecule is CCc1nn(C)c(CC(CBr)c2ccc(Br)cc2)c1Br. The summed E-state index contributed by atoms with van der Waals surface area (Å²) >= 11 is 10.8. The molecule has 5 heteroatoms. The maximum atomic E-state index is 4.57. The second-order valence-electron chi connectivity index (χ2n) is 4.79. The monoisotopic (exact) mass is 462 g/mol. The maximum absolute atomic E-state index is 4.57. The molecule has 2 nitrogen and oxygen atoms in total. The van der Waals surface area contributed by atoms with Gasteiger partial charge in [-0.2, -0.15) is 5.10 Å². The van der Waals surface area contributed by atoms with Gasteiger partial charge in [0.15, 0.2) is 0 Å². The minimum atomic E-state index is 0.444. The van der Waals surface area contributed by atoms with E-state index in [1.165, 1.54) is 11.3 Å². The standard InChI is InChI=1S/C15H17Br3N2/c1-3-13-15(18)14(20(2)19-13)8-11(9-16)10-4-6-12(17)7-5-10/h4-7,11H,3,8-9H2,1-2H3. The molecule has 0 amide bonds. The average molecular weight is 465 g/mol. The molecule has 1 aromatic carbocycles. The van der Waals surface area contributed by atoms with Crippen molar-refractivity contribution in [2.45, 2.75) is 25.7 Å². The van der Waals surface area contributed by atoms with E-state index in [4.69, 9.17) is 0 Å². The van der Waals surface area contributed by atoms with Crippen molar-refractivity contribution in [2.75, 3.05) is 5.33 Å². The summed E-state index contributed by atoms with van der Waals surface area (Å²) in [7, 11) is 2.02. The number of aromatic nitrogens is 2. The minimum absolute atomic E-state index is 0.444. The van der Waals surface area contributed by atoms with Gasteiger partial charge in [-0.15, -0.1) is 0 Å². The van der Waals surface area contributed by atoms with Crippen molar-refractivity contribution in [3.63, 3.8) is 0 Å². The van der Waals surface area contributed by atoms with Gasteiger partial charge in [-0.1, -0.05) is 50.9 Å². The first-order chi connectivity index (χ1) is 9.56. The number of alkyl halides is 1. The number of nitrogens with zero attached hydrogens (tertiary/aromatic N) is 2. The van der Waals surface area contributed by atoms with Crippen molar-refractivity contribution in [1.29, 1.82) is 0 Å². The number of hydrogen-bond acceptors (Lipinski definition) is 1. The van der Waals surface area contributed by atoms with E-state index in [0.29, 0.717) is 5.92 Å². The van der Waals surface area contributed by atoms with Gasteiger partial charge in [0.05, 0.1) is 15.9 Å². The van der Waals surface area contributed by atoms with Crippen LogP contribution in [0.4, 0.5) is 0 Å². The van der Waals surface area contributed by atoms with Gasteiger partial charge < -0.3 is 0 Å². The molecule has 0 aliphatic carbocycles. The normalized spacial score (nSPS) is 12.7. The van der Waals surface area contributed by atoms with Crippen LogP contribution >= 0.6 is 47.8 Å². The summed E-state index contributed by atoms with van der Waals surface area (Å²) in [6.45, 7) is 2.13. The van der Waals surface area contributed by atoms with Crippen LogP contribution in [0.15, 0.2) is 33.2 Å². The molecule has 1 atom stereocenters. The molecule has 0 saturated heterocycles. The Morgan fingerprint density at radius 1 is 1.20 bits per heavy atom. The molecule has 0 bridgehead atoms. The number of halogens is 3. The zero-order chi connectivity index (χ0) is 14.7. The lowest BCUT2D eigenvalue weighted by Crippen LogP contribution is -2.08. The molecule has 0 saturated carbocycles. The first-order valence-electron chi connectivity index (χ1n) is 6.58. The Morgan fingerprint density at radius 3 is 2.35 bits per heavy atom. The molecule has 2 aromatic rings.